The second-order valence-electron chi connectivity index (χ2n) is 6.43. The van der Waals surface area contributed by atoms with Crippen molar-refractivity contribution in [3.8, 4) is 0 Å². The van der Waals surface area contributed by atoms with Crippen LogP contribution in [0, 0.1) is 0 Å². The van der Waals surface area contributed by atoms with Crippen molar-refractivity contribution in [3.63, 3.8) is 0 Å². The van der Waals surface area contributed by atoms with Crippen molar-refractivity contribution < 1.29 is 9.53 Å². The Balaban J connectivity index is 3.29. The molecule has 23 heavy (non-hydrogen) atoms. The summed E-state index contributed by atoms with van der Waals surface area (Å²) in [6, 6.07) is 0.339. The molecular weight excluding hydrogens is 286 g/mol. The molecule has 0 bridgehead atoms. The summed E-state index contributed by atoms with van der Waals surface area (Å²) in [5, 5.41) is 0. The van der Waals surface area contributed by atoms with E-state index in [9.17, 15) is 4.79 Å². The molecule has 0 unspecified atom stereocenters. The third kappa shape index (κ3) is 17.4. The van der Waals surface area contributed by atoms with Gasteiger partial charge in [-0.2, -0.15) is 0 Å². The average Bonchev–Trinajstić information content (AvgIpc) is 2.53. The lowest BCUT2D eigenvalue weighted by molar-refractivity contribution is -0.143. The van der Waals surface area contributed by atoms with Gasteiger partial charge < -0.3 is 10.5 Å². The van der Waals surface area contributed by atoms with E-state index in [0.29, 0.717) is 19.1 Å². The van der Waals surface area contributed by atoms with Gasteiger partial charge in [-0.1, -0.05) is 64.0 Å². The highest BCUT2D eigenvalue weighted by Gasteiger charge is 2.01. The predicted molar refractivity (Wildman–Crippen MR) is 99.4 cm³/mol. The molecule has 0 aromatic carbocycles. The van der Waals surface area contributed by atoms with Gasteiger partial charge in [0.25, 0.3) is 0 Å². The lowest BCUT2D eigenvalue weighted by Gasteiger charge is -2.08. The molecule has 0 aliphatic carbocycles. The zero-order chi connectivity index (χ0) is 17.2. The molecule has 0 amide bonds. The van der Waals surface area contributed by atoms with E-state index in [1.807, 2.05) is 6.92 Å². The molecule has 1 atom stereocenters. The van der Waals surface area contributed by atoms with Gasteiger partial charge in [0.15, 0.2) is 0 Å². The number of allylic oxidation sites excluding steroid dienone is 1. The first-order valence-electron chi connectivity index (χ1n) is 9.76. The van der Waals surface area contributed by atoms with Crippen molar-refractivity contribution in [3.05, 3.63) is 12.2 Å². The van der Waals surface area contributed by atoms with E-state index < -0.39 is 0 Å². The van der Waals surface area contributed by atoms with Crippen LogP contribution in [0.5, 0.6) is 0 Å². The smallest absolute Gasteiger partial charge is 0.305 e. The van der Waals surface area contributed by atoms with Gasteiger partial charge in [0.05, 0.1) is 6.61 Å². The summed E-state index contributed by atoms with van der Waals surface area (Å²) in [5.74, 6) is -0.0542. The third-order valence-corrected chi connectivity index (χ3v) is 4.09. The number of rotatable bonds is 16. The zero-order valence-electron chi connectivity index (χ0n) is 15.5. The number of carbonyl (C=O) groups is 1. The van der Waals surface area contributed by atoms with E-state index in [0.717, 1.165) is 32.1 Å². The lowest BCUT2D eigenvalue weighted by Crippen LogP contribution is -2.18. The largest absolute Gasteiger partial charge is 0.466 e. The highest BCUT2D eigenvalue weighted by molar-refractivity contribution is 5.69. The number of hydrogen-bond donors (Lipinski definition) is 1. The molecule has 0 aromatic rings. The van der Waals surface area contributed by atoms with E-state index in [4.69, 9.17) is 10.5 Å². The Morgan fingerprint density at radius 3 is 2.39 bits per heavy atom. The van der Waals surface area contributed by atoms with Crippen LogP contribution in [0.4, 0.5) is 0 Å². The standard InChI is InChI=1S/C20H39NO2/c1-3-5-6-13-16-19(21)17-14-11-9-7-8-10-12-15-18-20(22)23-4-2/h11,14,19H,3-10,12-13,15-18,21H2,1-2H3/b14-11-/t19-/m1/s1. The Labute approximate surface area is 144 Å². The predicted octanol–water partition coefficient (Wildman–Crippen LogP) is 5.52. The number of ether oxygens (including phenoxy) is 1. The molecule has 0 rings (SSSR count). The third-order valence-electron chi connectivity index (χ3n) is 4.09. The molecular formula is C20H39NO2. The van der Waals surface area contributed by atoms with Crippen molar-refractivity contribution in [2.24, 2.45) is 5.73 Å². The fourth-order valence-electron chi connectivity index (χ4n) is 2.64. The first-order valence-corrected chi connectivity index (χ1v) is 9.76. The molecule has 3 heteroatoms. The Hall–Kier alpha value is -0.830. The number of carbonyl (C=O) groups excluding carboxylic acids is 1. The molecule has 0 saturated heterocycles. The van der Waals surface area contributed by atoms with Crippen molar-refractivity contribution >= 4 is 5.97 Å². The Bertz CT molecular complexity index is 289. The topological polar surface area (TPSA) is 52.3 Å². The minimum atomic E-state index is -0.0542. The minimum absolute atomic E-state index is 0.0542. The fraction of sp³-hybridized carbons (Fsp3) is 0.850. The van der Waals surface area contributed by atoms with Crippen molar-refractivity contribution in [1.29, 1.82) is 0 Å². The summed E-state index contributed by atoms with van der Waals surface area (Å²) in [7, 11) is 0. The molecule has 3 nitrogen and oxygen atoms in total. The second-order valence-corrected chi connectivity index (χ2v) is 6.43. The first kappa shape index (κ1) is 22.2. The van der Waals surface area contributed by atoms with Gasteiger partial charge in [-0.25, -0.2) is 0 Å². The molecule has 136 valence electrons. The monoisotopic (exact) mass is 325 g/mol. The Kier molecular flexibility index (Phi) is 16.9. The summed E-state index contributed by atoms with van der Waals surface area (Å²) in [5.41, 5.74) is 6.11. The molecule has 0 fully saturated rings. The van der Waals surface area contributed by atoms with Crippen LogP contribution >= 0.6 is 0 Å². The maximum atomic E-state index is 11.2. The van der Waals surface area contributed by atoms with Crippen molar-refractivity contribution in [2.45, 2.75) is 103 Å². The number of nitrogens with two attached hydrogens (primary N) is 1. The van der Waals surface area contributed by atoms with Crippen molar-refractivity contribution in [1.82, 2.24) is 0 Å². The van der Waals surface area contributed by atoms with Crippen LogP contribution < -0.4 is 5.73 Å². The summed E-state index contributed by atoms with van der Waals surface area (Å²) >= 11 is 0. The lowest BCUT2D eigenvalue weighted by atomic mass is 10.0. The molecule has 0 radical (unpaired) electrons. The highest BCUT2D eigenvalue weighted by atomic mass is 16.5. The zero-order valence-corrected chi connectivity index (χ0v) is 15.5. The maximum absolute atomic E-state index is 11.2. The van der Waals surface area contributed by atoms with E-state index in [1.165, 1.54) is 44.9 Å². The van der Waals surface area contributed by atoms with Gasteiger partial charge in [0, 0.05) is 12.5 Å². The van der Waals surface area contributed by atoms with Crippen LogP contribution in [-0.2, 0) is 9.53 Å². The SMILES string of the molecule is CCCCCC[C@@H](N)C/C=C\CCCCCCCC(=O)OCC. The maximum Gasteiger partial charge on any atom is 0.305 e. The Morgan fingerprint density at radius 1 is 0.957 bits per heavy atom. The van der Waals surface area contributed by atoms with Gasteiger partial charge in [-0.05, 0) is 39.0 Å². The van der Waals surface area contributed by atoms with Crippen LogP contribution in [0.25, 0.3) is 0 Å². The molecule has 0 saturated carbocycles. The van der Waals surface area contributed by atoms with E-state index in [-0.39, 0.29) is 5.97 Å². The summed E-state index contributed by atoms with van der Waals surface area (Å²) in [4.78, 5) is 11.2. The molecule has 0 aliphatic heterocycles. The fourth-order valence-corrected chi connectivity index (χ4v) is 2.64. The molecule has 0 spiro atoms. The van der Waals surface area contributed by atoms with Gasteiger partial charge in [0.1, 0.15) is 0 Å². The van der Waals surface area contributed by atoms with Gasteiger partial charge >= 0.3 is 5.97 Å². The number of unbranched alkanes of at least 4 members (excludes halogenated alkanes) is 8. The Morgan fingerprint density at radius 2 is 1.65 bits per heavy atom. The van der Waals surface area contributed by atoms with Crippen LogP contribution in [0.3, 0.4) is 0 Å². The van der Waals surface area contributed by atoms with Crippen LogP contribution in [0.15, 0.2) is 12.2 Å². The van der Waals surface area contributed by atoms with Gasteiger partial charge in [-0.3, -0.25) is 4.79 Å². The summed E-state index contributed by atoms with van der Waals surface area (Å²) in [6.45, 7) is 4.58. The molecule has 0 aliphatic rings. The van der Waals surface area contributed by atoms with Gasteiger partial charge in [0.2, 0.25) is 0 Å². The van der Waals surface area contributed by atoms with Crippen molar-refractivity contribution in [2.75, 3.05) is 6.61 Å². The van der Waals surface area contributed by atoms with Crippen LogP contribution in [0.1, 0.15) is 97.3 Å². The number of hydrogen-bond acceptors (Lipinski definition) is 3. The van der Waals surface area contributed by atoms with E-state index in [2.05, 4.69) is 19.1 Å². The minimum Gasteiger partial charge on any atom is -0.466 e. The molecule has 0 heterocycles. The summed E-state index contributed by atoms with van der Waals surface area (Å²) < 4.78 is 4.91. The normalized spacial score (nSPS) is 12.7. The quantitative estimate of drug-likeness (QED) is 0.231. The van der Waals surface area contributed by atoms with Crippen LogP contribution in [0.2, 0.25) is 0 Å². The summed E-state index contributed by atoms with van der Waals surface area (Å²) in [6.07, 6.45) is 19.4. The molecule has 0 aromatic heterocycles. The first-order chi connectivity index (χ1) is 11.2. The average molecular weight is 326 g/mol. The van der Waals surface area contributed by atoms with E-state index in [1.54, 1.807) is 0 Å². The van der Waals surface area contributed by atoms with Crippen LogP contribution in [-0.4, -0.2) is 18.6 Å². The van der Waals surface area contributed by atoms with Gasteiger partial charge in [-0.15, -0.1) is 0 Å². The number of esters is 1. The second kappa shape index (κ2) is 17.5. The van der Waals surface area contributed by atoms with E-state index >= 15 is 0 Å². The molecule has 2 N–H and O–H groups in total. The highest BCUT2D eigenvalue weighted by Crippen LogP contribution is 2.10.